The Kier molecular flexibility index (Phi) is 4.99. The molecule has 0 aromatic heterocycles. The number of hydrogen-bond donors (Lipinski definition) is 2. The Labute approximate surface area is 119 Å². The fourth-order valence-electron chi connectivity index (χ4n) is 2.47. The van der Waals surface area contributed by atoms with E-state index in [-0.39, 0.29) is 36.5 Å². The molecule has 0 unspecified atom stereocenters. The second-order valence-corrected chi connectivity index (χ2v) is 5.94. The van der Waals surface area contributed by atoms with Gasteiger partial charge in [-0.3, -0.25) is 9.59 Å². The lowest BCUT2D eigenvalue weighted by atomic mass is 9.96. The normalized spacial score (nSPS) is 29.9. The van der Waals surface area contributed by atoms with Crippen LogP contribution < -0.4 is 5.32 Å². The lowest BCUT2D eigenvalue weighted by Crippen LogP contribution is -2.51. The van der Waals surface area contributed by atoms with Crippen LogP contribution in [0.5, 0.6) is 0 Å². The Morgan fingerprint density at radius 3 is 2.50 bits per heavy atom. The van der Waals surface area contributed by atoms with Crippen LogP contribution in [0.2, 0.25) is 0 Å². The van der Waals surface area contributed by atoms with E-state index in [4.69, 9.17) is 4.74 Å². The number of amides is 2. The molecular formula is C14H24N2O4. The average Bonchev–Trinajstić information content (AvgIpc) is 3.24. The lowest BCUT2D eigenvalue weighted by molar-refractivity contribution is -0.141. The van der Waals surface area contributed by atoms with Crippen LogP contribution in [0.3, 0.4) is 0 Å². The predicted molar refractivity (Wildman–Crippen MR) is 72.9 cm³/mol. The average molecular weight is 284 g/mol. The van der Waals surface area contributed by atoms with Crippen LogP contribution >= 0.6 is 0 Å². The van der Waals surface area contributed by atoms with Crippen LogP contribution in [-0.2, 0) is 14.3 Å². The van der Waals surface area contributed by atoms with Crippen LogP contribution in [0.25, 0.3) is 0 Å². The highest BCUT2D eigenvalue weighted by atomic mass is 16.5. The van der Waals surface area contributed by atoms with Crippen LogP contribution in [0.4, 0.5) is 0 Å². The third-order valence-corrected chi connectivity index (χ3v) is 3.97. The molecule has 1 saturated heterocycles. The summed E-state index contributed by atoms with van der Waals surface area (Å²) >= 11 is 0. The Balaban J connectivity index is 1.83. The van der Waals surface area contributed by atoms with Gasteiger partial charge in [-0.15, -0.1) is 0 Å². The van der Waals surface area contributed by atoms with Crippen molar-refractivity contribution in [3.63, 3.8) is 0 Å². The summed E-state index contributed by atoms with van der Waals surface area (Å²) in [7, 11) is 3.43. The van der Waals surface area contributed by atoms with Crippen molar-refractivity contribution in [1.82, 2.24) is 10.2 Å². The van der Waals surface area contributed by atoms with Gasteiger partial charge in [-0.05, 0) is 25.7 Å². The highest BCUT2D eigenvalue weighted by Crippen LogP contribution is 2.30. The standard InChI is InChI=1S/C14H24N2O4/c1-16(2)13(18)7-10-5-6-11(12(8-17)20-10)15-14(19)9-3-4-9/h9-12,17H,3-8H2,1-2H3,(H,15,19)/t10-,11-,12+/m0/s1. The van der Waals surface area contributed by atoms with Crippen molar-refractivity contribution >= 4 is 11.8 Å². The molecule has 1 heterocycles. The predicted octanol–water partition coefficient (Wildman–Crippen LogP) is -0.101. The first kappa shape index (κ1) is 15.3. The zero-order valence-electron chi connectivity index (χ0n) is 12.2. The van der Waals surface area contributed by atoms with Crippen molar-refractivity contribution in [1.29, 1.82) is 0 Å². The Morgan fingerprint density at radius 2 is 1.95 bits per heavy atom. The van der Waals surface area contributed by atoms with Gasteiger partial charge in [0.05, 0.1) is 25.2 Å². The van der Waals surface area contributed by atoms with Gasteiger partial charge in [0.25, 0.3) is 0 Å². The van der Waals surface area contributed by atoms with Gasteiger partial charge in [-0.25, -0.2) is 0 Å². The SMILES string of the molecule is CN(C)C(=O)C[C@@H]1CC[C@H](NC(=O)C2CC2)[C@@H](CO)O1. The Bertz CT molecular complexity index is 368. The summed E-state index contributed by atoms with van der Waals surface area (Å²) in [5.41, 5.74) is 0. The second kappa shape index (κ2) is 6.54. The molecule has 0 spiro atoms. The molecule has 2 rings (SSSR count). The number of ether oxygens (including phenoxy) is 1. The minimum Gasteiger partial charge on any atom is -0.394 e. The molecule has 1 saturated carbocycles. The molecule has 6 nitrogen and oxygen atoms in total. The molecule has 1 aliphatic carbocycles. The van der Waals surface area contributed by atoms with Gasteiger partial charge < -0.3 is 20.1 Å². The summed E-state index contributed by atoms with van der Waals surface area (Å²) in [5.74, 6) is 0.245. The number of aliphatic hydroxyl groups excluding tert-OH is 1. The van der Waals surface area contributed by atoms with Crippen molar-refractivity contribution in [2.75, 3.05) is 20.7 Å². The molecule has 1 aliphatic heterocycles. The molecule has 2 fully saturated rings. The van der Waals surface area contributed by atoms with E-state index in [1.165, 1.54) is 4.90 Å². The van der Waals surface area contributed by atoms with E-state index >= 15 is 0 Å². The van der Waals surface area contributed by atoms with E-state index in [1.807, 2.05) is 0 Å². The highest BCUT2D eigenvalue weighted by Gasteiger charge is 2.36. The Hall–Kier alpha value is -1.14. The van der Waals surface area contributed by atoms with E-state index in [1.54, 1.807) is 14.1 Å². The van der Waals surface area contributed by atoms with Gasteiger partial charge in [-0.1, -0.05) is 0 Å². The maximum absolute atomic E-state index is 11.8. The maximum Gasteiger partial charge on any atom is 0.224 e. The lowest BCUT2D eigenvalue weighted by Gasteiger charge is -2.36. The fraction of sp³-hybridized carbons (Fsp3) is 0.857. The molecule has 0 radical (unpaired) electrons. The summed E-state index contributed by atoms with van der Waals surface area (Å²) < 4.78 is 5.76. The minimum absolute atomic E-state index is 0.0205. The Morgan fingerprint density at radius 1 is 1.25 bits per heavy atom. The smallest absolute Gasteiger partial charge is 0.224 e. The number of nitrogens with zero attached hydrogens (tertiary/aromatic N) is 1. The van der Waals surface area contributed by atoms with Crippen molar-refractivity contribution in [2.24, 2.45) is 5.92 Å². The molecule has 0 aromatic carbocycles. The van der Waals surface area contributed by atoms with Crippen molar-refractivity contribution in [3.05, 3.63) is 0 Å². The first-order valence-corrected chi connectivity index (χ1v) is 7.28. The number of nitrogens with one attached hydrogen (secondary N) is 1. The van der Waals surface area contributed by atoms with Gasteiger partial charge in [0, 0.05) is 20.0 Å². The van der Waals surface area contributed by atoms with Crippen LogP contribution in [0.15, 0.2) is 0 Å². The van der Waals surface area contributed by atoms with Gasteiger partial charge in [0.2, 0.25) is 11.8 Å². The van der Waals surface area contributed by atoms with E-state index in [9.17, 15) is 14.7 Å². The summed E-state index contributed by atoms with van der Waals surface area (Å²) in [4.78, 5) is 25.0. The number of aliphatic hydroxyl groups is 1. The third-order valence-electron chi connectivity index (χ3n) is 3.97. The number of hydrogen-bond acceptors (Lipinski definition) is 4. The zero-order valence-corrected chi connectivity index (χ0v) is 12.2. The summed E-state index contributed by atoms with van der Waals surface area (Å²) in [6.45, 7) is -0.137. The zero-order chi connectivity index (χ0) is 14.7. The molecule has 114 valence electrons. The topological polar surface area (TPSA) is 78.9 Å². The molecule has 2 amide bonds. The number of rotatable bonds is 5. The summed E-state index contributed by atoms with van der Waals surface area (Å²) in [6, 6.07) is -0.140. The summed E-state index contributed by atoms with van der Waals surface area (Å²) in [5, 5.41) is 12.4. The second-order valence-electron chi connectivity index (χ2n) is 5.94. The summed E-state index contributed by atoms with van der Waals surface area (Å²) in [6.07, 6.45) is 3.14. The van der Waals surface area contributed by atoms with E-state index < -0.39 is 6.10 Å². The highest BCUT2D eigenvalue weighted by molar-refractivity contribution is 5.81. The van der Waals surface area contributed by atoms with E-state index in [2.05, 4.69) is 5.32 Å². The monoisotopic (exact) mass is 284 g/mol. The van der Waals surface area contributed by atoms with Gasteiger partial charge >= 0.3 is 0 Å². The van der Waals surface area contributed by atoms with Crippen LogP contribution in [0.1, 0.15) is 32.1 Å². The molecule has 2 aliphatic rings. The third kappa shape index (κ3) is 3.93. The largest absolute Gasteiger partial charge is 0.394 e. The van der Waals surface area contributed by atoms with Gasteiger partial charge in [0.15, 0.2) is 0 Å². The van der Waals surface area contributed by atoms with Crippen molar-refractivity contribution in [2.45, 2.75) is 50.4 Å². The van der Waals surface area contributed by atoms with Crippen molar-refractivity contribution in [3.8, 4) is 0 Å². The number of carbonyl (C=O) groups is 2. The van der Waals surface area contributed by atoms with E-state index in [0.29, 0.717) is 6.42 Å². The van der Waals surface area contributed by atoms with Crippen molar-refractivity contribution < 1.29 is 19.4 Å². The first-order chi connectivity index (χ1) is 9.51. The molecule has 3 atom stereocenters. The first-order valence-electron chi connectivity index (χ1n) is 7.28. The molecular weight excluding hydrogens is 260 g/mol. The van der Waals surface area contributed by atoms with Gasteiger partial charge in [-0.2, -0.15) is 0 Å². The molecule has 6 heteroatoms. The molecule has 20 heavy (non-hydrogen) atoms. The van der Waals surface area contributed by atoms with Crippen LogP contribution in [0, 0.1) is 5.92 Å². The fourth-order valence-corrected chi connectivity index (χ4v) is 2.47. The molecule has 0 aromatic rings. The quantitative estimate of drug-likeness (QED) is 0.739. The number of carbonyl (C=O) groups excluding carboxylic acids is 2. The minimum atomic E-state index is -0.411. The maximum atomic E-state index is 11.8. The molecule has 0 bridgehead atoms. The molecule has 2 N–H and O–H groups in total. The van der Waals surface area contributed by atoms with E-state index in [0.717, 1.165) is 25.7 Å². The van der Waals surface area contributed by atoms with Crippen LogP contribution in [-0.4, -0.2) is 60.8 Å². The van der Waals surface area contributed by atoms with Gasteiger partial charge in [0.1, 0.15) is 6.10 Å².